The molecule has 120 valence electrons. The van der Waals surface area contributed by atoms with Gasteiger partial charge in [-0.2, -0.15) is 5.10 Å². The first-order valence-corrected chi connectivity index (χ1v) is 7.55. The molecule has 2 heterocycles. The Kier molecular flexibility index (Phi) is 4.23. The summed E-state index contributed by atoms with van der Waals surface area (Å²) in [6.07, 6.45) is 0.599. The maximum absolute atomic E-state index is 13.6. The van der Waals surface area contributed by atoms with Gasteiger partial charge in [0.2, 0.25) is 5.88 Å². The quantitative estimate of drug-likeness (QED) is 0.873. The minimum Gasteiger partial charge on any atom is -0.471 e. The van der Waals surface area contributed by atoms with Crippen molar-refractivity contribution >= 4 is 5.91 Å². The number of hydrogen-bond acceptors (Lipinski definition) is 4. The van der Waals surface area contributed by atoms with Gasteiger partial charge in [0.25, 0.3) is 5.91 Å². The fourth-order valence-electron chi connectivity index (χ4n) is 2.54. The van der Waals surface area contributed by atoms with Gasteiger partial charge in [-0.3, -0.25) is 4.79 Å². The Balaban J connectivity index is 1.63. The lowest BCUT2D eigenvalue weighted by molar-refractivity contribution is 0.0770. The molecule has 3 rings (SSSR count). The summed E-state index contributed by atoms with van der Waals surface area (Å²) in [4.78, 5) is 14.1. The summed E-state index contributed by atoms with van der Waals surface area (Å²) in [6, 6.07) is 8.16. The number of benzene rings is 1. The molecule has 0 aliphatic carbocycles. The third-order valence-corrected chi connectivity index (χ3v) is 3.91. The van der Waals surface area contributed by atoms with E-state index in [1.165, 1.54) is 6.07 Å². The van der Waals surface area contributed by atoms with E-state index in [0.717, 1.165) is 12.1 Å². The molecular weight excluding hydrogens is 297 g/mol. The molecule has 23 heavy (non-hydrogen) atoms. The summed E-state index contributed by atoms with van der Waals surface area (Å²) in [7, 11) is 0. The normalized spacial score (nSPS) is 17.3. The summed E-state index contributed by atoms with van der Waals surface area (Å²) in [5, 5.41) is 7.91. The number of ether oxygens (including phenoxy) is 1. The van der Waals surface area contributed by atoms with E-state index >= 15 is 0 Å². The molecule has 2 aromatic rings. The van der Waals surface area contributed by atoms with Crippen LogP contribution < -0.4 is 4.74 Å². The summed E-state index contributed by atoms with van der Waals surface area (Å²) >= 11 is 0. The van der Waals surface area contributed by atoms with E-state index in [1.807, 2.05) is 13.0 Å². The molecule has 1 aliphatic heterocycles. The zero-order chi connectivity index (χ0) is 16.4. The monoisotopic (exact) mass is 315 g/mol. The second kappa shape index (κ2) is 6.32. The van der Waals surface area contributed by atoms with Gasteiger partial charge in [0, 0.05) is 24.6 Å². The van der Waals surface area contributed by atoms with Crippen molar-refractivity contribution in [2.24, 2.45) is 0 Å². The summed E-state index contributed by atoms with van der Waals surface area (Å²) in [6.45, 7) is 4.57. The van der Waals surface area contributed by atoms with Crippen LogP contribution in [0.2, 0.25) is 0 Å². The van der Waals surface area contributed by atoms with Gasteiger partial charge in [-0.15, -0.1) is 5.10 Å². The molecule has 1 fully saturated rings. The van der Waals surface area contributed by atoms with Crippen molar-refractivity contribution in [3.8, 4) is 5.88 Å². The first kappa shape index (κ1) is 15.4. The minimum atomic E-state index is -0.363. The van der Waals surface area contributed by atoms with Gasteiger partial charge in [-0.1, -0.05) is 6.07 Å². The molecule has 1 aromatic carbocycles. The second-order valence-corrected chi connectivity index (χ2v) is 5.76. The molecule has 0 spiro atoms. The van der Waals surface area contributed by atoms with E-state index in [-0.39, 0.29) is 17.8 Å². The van der Waals surface area contributed by atoms with Crippen LogP contribution in [-0.2, 0) is 0 Å². The topological polar surface area (TPSA) is 55.3 Å². The van der Waals surface area contributed by atoms with Gasteiger partial charge in [0.15, 0.2) is 0 Å². The number of likely N-dealkylation sites (tertiary alicyclic amines) is 1. The summed E-state index contributed by atoms with van der Waals surface area (Å²) < 4.78 is 19.4. The molecule has 1 unspecified atom stereocenters. The fourth-order valence-corrected chi connectivity index (χ4v) is 2.54. The van der Waals surface area contributed by atoms with E-state index in [1.54, 1.807) is 30.0 Å². The third-order valence-electron chi connectivity index (χ3n) is 3.91. The number of nitrogens with zero attached hydrogens (tertiary/aromatic N) is 3. The van der Waals surface area contributed by atoms with Crippen molar-refractivity contribution in [2.45, 2.75) is 26.4 Å². The van der Waals surface area contributed by atoms with Gasteiger partial charge in [0.05, 0.1) is 12.2 Å². The van der Waals surface area contributed by atoms with Crippen molar-refractivity contribution in [1.29, 1.82) is 0 Å². The first-order chi connectivity index (χ1) is 11.0. The van der Waals surface area contributed by atoms with Gasteiger partial charge in [-0.05, 0) is 37.6 Å². The summed E-state index contributed by atoms with van der Waals surface area (Å²) in [5.41, 5.74) is 1.72. The highest BCUT2D eigenvalue weighted by Crippen LogP contribution is 2.19. The lowest BCUT2D eigenvalue weighted by Gasteiger charge is -2.17. The SMILES string of the molecule is Cc1ccc(OC2CCN(C(=O)c3ccc(C)c(F)c3)C2)nn1. The van der Waals surface area contributed by atoms with E-state index in [2.05, 4.69) is 10.2 Å². The highest BCUT2D eigenvalue weighted by Gasteiger charge is 2.28. The van der Waals surface area contributed by atoms with Crippen LogP contribution in [0.1, 0.15) is 28.0 Å². The van der Waals surface area contributed by atoms with Gasteiger partial charge in [-0.25, -0.2) is 4.39 Å². The van der Waals surface area contributed by atoms with E-state index < -0.39 is 0 Å². The number of aromatic nitrogens is 2. The summed E-state index contributed by atoms with van der Waals surface area (Å²) in [5.74, 6) is -0.0842. The predicted octanol–water partition coefficient (Wildman–Crippen LogP) is 2.53. The molecule has 6 heteroatoms. The van der Waals surface area contributed by atoms with Crippen molar-refractivity contribution in [2.75, 3.05) is 13.1 Å². The number of halogens is 1. The Morgan fingerprint density at radius 3 is 2.78 bits per heavy atom. The molecule has 1 saturated heterocycles. The Morgan fingerprint density at radius 2 is 2.09 bits per heavy atom. The zero-order valence-corrected chi connectivity index (χ0v) is 13.1. The van der Waals surface area contributed by atoms with Crippen LogP contribution in [0.15, 0.2) is 30.3 Å². The molecule has 1 atom stereocenters. The van der Waals surface area contributed by atoms with Gasteiger partial charge in [0.1, 0.15) is 11.9 Å². The smallest absolute Gasteiger partial charge is 0.254 e. The number of aryl methyl sites for hydroxylation is 2. The average Bonchev–Trinajstić information content (AvgIpc) is 3.00. The minimum absolute atomic E-state index is 0.119. The fraction of sp³-hybridized carbons (Fsp3) is 0.353. The number of carbonyl (C=O) groups excluding carboxylic acids is 1. The largest absolute Gasteiger partial charge is 0.471 e. The molecule has 5 nitrogen and oxygen atoms in total. The highest BCUT2D eigenvalue weighted by molar-refractivity contribution is 5.94. The molecular formula is C17H18FN3O2. The average molecular weight is 315 g/mol. The Hall–Kier alpha value is -2.50. The lowest BCUT2D eigenvalue weighted by Crippen LogP contribution is -2.31. The van der Waals surface area contributed by atoms with Crippen LogP contribution in [0, 0.1) is 19.7 Å². The van der Waals surface area contributed by atoms with Crippen LogP contribution >= 0.6 is 0 Å². The van der Waals surface area contributed by atoms with Crippen LogP contribution in [0.4, 0.5) is 4.39 Å². The maximum atomic E-state index is 13.6. The van der Waals surface area contributed by atoms with E-state index in [0.29, 0.717) is 30.1 Å². The molecule has 0 N–H and O–H groups in total. The molecule has 1 amide bonds. The first-order valence-electron chi connectivity index (χ1n) is 7.55. The number of carbonyl (C=O) groups is 1. The number of hydrogen-bond donors (Lipinski definition) is 0. The van der Waals surface area contributed by atoms with Crippen LogP contribution in [0.25, 0.3) is 0 Å². The molecule has 0 bridgehead atoms. The lowest BCUT2D eigenvalue weighted by atomic mass is 10.1. The molecule has 1 aliphatic rings. The number of amides is 1. The van der Waals surface area contributed by atoms with Crippen LogP contribution in [-0.4, -0.2) is 40.2 Å². The maximum Gasteiger partial charge on any atom is 0.254 e. The van der Waals surface area contributed by atoms with E-state index in [4.69, 9.17) is 4.74 Å². The van der Waals surface area contributed by atoms with Crippen molar-refractivity contribution in [3.05, 3.63) is 53.0 Å². The Labute approximate surface area is 134 Å². The Morgan fingerprint density at radius 1 is 1.26 bits per heavy atom. The molecule has 0 radical (unpaired) electrons. The molecule has 1 aromatic heterocycles. The van der Waals surface area contributed by atoms with Crippen molar-refractivity contribution in [1.82, 2.24) is 15.1 Å². The molecule has 0 saturated carbocycles. The van der Waals surface area contributed by atoms with Crippen LogP contribution in [0.3, 0.4) is 0 Å². The third kappa shape index (κ3) is 3.47. The number of rotatable bonds is 3. The second-order valence-electron chi connectivity index (χ2n) is 5.76. The van der Waals surface area contributed by atoms with Gasteiger partial charge >= 0.3 is 0 Å². The van der Waals surface area contributed by atoms with Gasteiger partial charge < -0.3 is 9.64 Å². The van der Waals surface area contributed by atoms with Crippen LogP contribution in [0.5, 0.6) is 5.88 Å². The predicted molar refractivity (Wildman–Crippen MR) is 82.8 cm³/mol. The zero-order valence-electron chi connectivity index (χ0n) is 13.1. The van der Waals surface area contributed by atoms with E-state index in [9.17, 15) is 9.18 Å². The van der Waals surface area contributed by atoms with Crippen molar-refractivity contribution < 1.29 is 13.9 Å². The Bertz CT molecular complexity index is 718. The standard InChI is InChI=1S/C17H18FN3O2/c1-11-3-5-13(9-15(11)18)17(22)21-8-7-14(10-21)23-16-6-4-12(2)19-20-16/h3-6,9,14H,7-8,10H2,1-2H3. The van der Waals surface area contributed by atoms with Crippen molar-refractivity contribution in [3.63, 3.8) is 0 Å². The highest BCUT2D eigenvalue weighted by atomic mass is 19.1.